The molecule has 1 fully saturated rings. The second-order valence-electron chi connectivity index (χ2n) is 8.70. The van der Waals surface area contributed by atoms with Gasteiger partial charge in [0.05, 0.1) is 24.5 Å². The van der Waals surface area contributed by atoms with Gasteiger partial charge in [-0.1, -0.05) is 18.2 Å². The van der Waals surface area contributed by atoms with Crippen LogP contribution in [0.1, 0.15) is 23.6 Å². The number of fused-ring (bicyclic) bond motifs is 1. The zero-order chi connectivity index (χ0) is 24.2. The quantitative estimate of drug-likeness (QED) is 0.347. The summed E-state index contributed by atoms with van der Waals surface area (Å²) >= 11 is 0. The summed E-state index contributed by atoms with van der Waals surface area (Å²) in [6.07, 6.45) is 2.45. The zero-order valence-corrected chi connectivity index (χ0v) is 19.6. The molecule has 0 saturated carbocycles. The van der Waals surface area contributed by atoms with Crippen LogP contribution >= 0.6 is 0 Å². The molecule has 3 aromatic carbocycles. The van der Waals surface area contributed by atoms with Gasteiger partial charge in [-0.2, -0.15) is 0 Å². The topological polar surface area (TPSA) is 90.0 Å². The van der Waals surface area contributed by atoms with Crippen molar-refractivity contribution < 1.29 is 14.6 Å². The maximum absolute atomic E-state index is 11.2. The third-order valence-electron chi connectivity index (χ3n) is 6.13. The monoisotopic (exact) mass is 468 g/mol. The molecule has 0 radical (unpaired) electrons. The van der Waals surface area contributed by atoms with Crippen LogP contribution in [0.15, 0.2) is 71.7 Å². The first-order chi connectivity index (χ1) is 17.0. The molecule has 4 aromatic rings. The summed E-state index contributed by atoms with van der Waals surface area (Å²) in [5.41, 5.74) is 6.55. The lowest BCUT2D eigenvalue weighted by Gasteiger charge is -2.28. The van der Waals surface area contributed by atoms with E-state index in [0.717, 1.165) is 71.8 Å². The highest BCUT2D eigenvalue weighted by Crippen LogP contribution is 2.29. The molecule has 0 atom stereocenters. The highest BCUT2D eigenvalue weighted by Gasteiger charge is 2.12. The van der Waals surface area contributed by atoms with Crippen LogP contribution in [-0.4, -0.2) is 48.5 Å². The van der Waals surface area contributed by atoms with Gasteiger partial charge in [0.1, 0.15) is 0 Å². The maximum Gasteiger partial charge on any atom is 0.221 e. The fourth-order valence-electron chi connectivity index (χ4n) is 4.34. The Kier molecular flexibility index (Phi) is 6.50. The zero-order valence-electron chi connectivity index (χ0n) is 19.6. The highest BCUT2D eigenvalue weighted by atomic mass is 16.5. The van der Waals surface area contributed by atoms with E-state index < -0.39 is 0 Å². The fourth-order valence-corrected chi connectivity index (χ4v) is 4.34. The van der Waals surface area contributed by atoms with Crippen LogP contribution in [0.2, 0.25) is 0 Å². The third kappa shape index (κ3) is 5.36. The standard InChI is InChI=1S/C28H28N4O3/c1-19(33)30-23-5-2-20(3-6-23)16-21-4-11-27-25(17-21)26(28(34)31-27)18-29-22-7-9-24(10-8-22)32-12-14-35-15-13-32/h2-11,17-18,31,34H,12-16H2,1H3,(H,30,33). The van der Waals surface area contributed by atoms with Crippen LogP contribution < -0.4 is 10.2 Å². The molecule has 7 heteroatoms. The predicted octanol–water partition coefficient (Wildman–Crippen LogP) is 5.01. The van der Waals surface area contributed by atoms with Gasteiger partial charge in [0.25, 0.3) is 0 Å². The predicted molar refractivity (Wildman–Crippen MR) is 140 cm³/mol. The van der Waals surface area contributed by atoms with Crippen molar-refractivity contribution in [1.29, 1.82) is 0 Å². The van der Waals surface area contributed by atoms with E-state index in [-0.39, 0.29) is 11.8 Å². The van der Waals surface area contributed by atoms with Crippen molar-refractivity contribution in [3.63, 3.8) is 0 Å². The number of benzene rings is 3. The SMILES string of the molecule is CC(=O)Nc1ccc(Cc2ccc3[nH]c(O)c(C=Nc4ccc(N5CCOCC5)cc4)c3c2)cc1. The smallest absolute Gasteiger partial charge is 0.221 e. The molecule has 7 nitrogen and oxygen atoms in total. The summed E-state index contributed by atoms with van der Waals surface area (Å²) in [6.45, 7) is 4.80. The van der Waals surface area contributed by atoms with E-state index in [2.05, 4.69) is 38.4 Å². The molecule has 1 amide bonds. The van der Waals surface area contributed by atoms with E-state index in [1.165, 1.54) is 6.92 Å². The van der Waals surface area contributed by atoms with E-state index in [4.69, 9.17) is 4.74 Å². The molecule has 1 aliphatic heterocycles. The first kappa shape index (κ1) is 22.7. The van der Waals surface area contributed by atoms with Crippen LogP contribution in [0.25, 0.3) is 10.9 Å². The van der Waals surface area contributed by atoms with Crippen molar-refractivity contribution in [2.75, 3.05) is 36.5 Å². The van der Waals surface area contributed by atoms with E-state index in [0.29, 0.717) is 5.56 Å². The molecule has 3 N–H and O–H groups in total. The Labute approximate surface area is 204 Å². The molecule has 35 heavy (non-hydrogen) atoms. The minimum Gasteiger partial charge on any atom is -0.494 e. The number of carbonyl (C=O) groups excluding carboxylic acids is 1. The number of aromatic hydroxyl groups is 1. The normalized spacial score (nSPS) is 14.0. The van der Waals surface area contributed by atoms with E-state index in [9.17, 15) is 9.90 Å². The first-order valence-corrected chi connectivity index (χ1v) is 11.7. The molecule has 2 heterocycles. The minimum absolute atomic E-state index is 0.0855. The fraction of sp³-hybridized carbons (Fsp3) is 0.214. The summed E-state index contributed by atoms with van der Waals surface area (Å²) < 4.78 is 5.42. The number of anilines is 2. The number of ether oxygens (including phenoxy) is 1. The Hall–Kier alpha value is -4.10. The average molecular weight is 469 g/mol. The Morgan fingerprint density at radius 2 is 1.77 bits per heavy atom. The number of hydrogen-bond donors (Lipinski definition) is 3. The molecule has 178 valence electrons. The second-order valence-corrected chi connectivity index (χ2v) is 8.70. The summed E-state index contributed by atoms with van der Waals surface area (Å²) in [6, 6.07) is 22.0. The molecular weight excluding hydrogens is 440 g/mol. The number of morpholine rings is 1. The van der Waals surface area contributed by atoms with Crippen LogP contribution in [0.5, 0.6) is 5.88 Å². The number of nitrogens with one attached hydrogen (secondary N) is 2. The van der Waals surface area contributed by atoms with Gasteiger partial charge in [-0.15, -0.1) is 0 Å². The van der Waals surface area contributed by atoms with E-state index in [1.54, 1.807) is 6.21 Å². The molecule has 5 rings (SSSR count). The van der Waals surface area contributed by atoms with Gasteiger partial charge >= 0.3 is 0 Å². The number of H-pyrrole nitrogens is 1. The van der Waals surface area contributed by atoms with Crippen molar-refractivity contribution in [1.82, 2.24) is 4.98 Å². The Morgan fingerprint density at radius 1 is 1.06 bits per heavy atom. The summed E-state index contributed by atoms with van der Waals surface area (Å²) in [7, 11) is 0. The number of amides is 1. The van der Waals surface area contributed by atoms with Crippen LogP contribution in [0.3, 0.4) is 0 Å². The van der Waals surface area contributed by atoms with Crippen LogP contribution in [0, 0.1) is 0 Å². The van der Waals surface area contributed by atoms with Crippen molar-refractivity contribution in [2.24, 2.45) is 4.99 Å². The molecule has 0 bridgehead atoms. The number of aromatic amines is 1. The number of nitrogens with zero attached hydrogens (tertiary/aromatic N) is 2. The number of aromatic nitrogens is 1. The molecule has 1 aliphatic rings. The van der Waals surface area contributed by atoms with Crippen molar-refractivity contribution in [3.8, 4) is 5.88 Å². The van der Waals surface area contributed by atoms with Crippen molar-refractivity contribution >= 4 is 40.1 Å². The summed E-state index contributed by atoms with van der Waals surface area (Å²) in [5, 5.41) is 14.2. The van der Waals surface area contributed by atoms with Gasteiger partial charge in [-0.05, 0) is 66.1 Å². The molecular formula is C28H28N4O3. The number of rotatable bonds is 6. The van der Waals surface area contributed by atoms with Gasteiger partial charge in [0.15, 0.2) is 5.88 Å². The Balaban J connectivity index is 1.33. The highest BCUT2D eigenvalue weighted by molar-refractivity contribution is 6.02. The van der Waals surface area contributed by atoms with Gasteiger partial charge in [0.2, 0.25) is 5.91 Å². The minimum atomic E-state index is -0.0855. The third-order valence-corrected chi connectivity index (χ3v) is 6.13. The molecule has 1 aromatic heterocycles. The Bertz CT molecular complexity index is 1350. The Morgan fingerprint density at radius 3 is 2.49 bits per heavy atom. The summed E-state index contributed by atoms with van der Waals surface area (Å²) in [5.74, 6) is 0.0169. The molecule has 0 unspecified atom stereocenters. The van der Waals surface area contributed by atoms with Gasteiger partial charge in [-0.3, -0.25) is 9.79 Å². The van der Waals surface area contributed by atoms with Crippen molar-refractivity contribution in [2.45, 2.75) is 13.3 Å². The van der Waals surface area contributed by atoms with Crippen LogP contribution in [0.4, 0.5) is 17.1 Å². The largest absolute Gasteiger partial charge is 0.494 e. The first-order valence-electron chi connectivity index (χ1n) is 11.7. The number of carbonyl (C=O) groups is 1. The maximum atomic E-state index is 11.2. The lowest BCUT2D eigenvalue weighted by Crippen LogP contribution is -2.36. The number of hydrogen-bond acceptors (Lipinski definition) is 5. The molecule has 0 aliphatic carbocycles. The molecule has 0 spiro atoms. The molecule has 1 saturated heterocycles. The van der Waals surface area contributed by atoms with E-state index >= 15 is 0 Å². The summed E-state index contributed by atoms with van der Waals surface area (Å²) in [4.78, 5) is 21.2. The van der Waals surface area contributed by atoms with E-state index in [1.807, 2.05) is 48.5 Å². The van der Waals surface area contributed by atoms with Gasteiger partial charge in [-0.25, -0.2) is 0 Å². The van der Waals surface area contributed by atoms with Gasteiger partial charge in [0, 0.05) is 48.5 Å². The average Bonchev–Trinajstić information content (AvgIpc) is 3.18. The van der Waals surface area contributed by atoms with Gasteiger partial charge < -0.3 is 25.0 Å². The second kappa shape index (κ2) is 10.0. The van der Waals surface area contributed by atoms with Crippen molar-refractivity contribution in [3.05, 3.63) is 83.4 Å². The van der Waals surface area contributed by atoms with Crippen LogP contribution in [-0.2, 0) is 16.0 Å². The lowest BCUT2D eigenvalue weighted by molar-refractivity contribution is -0.114. The number of aliphatic imine (C=N–C) groups is 1. The lowest BCUT2D eigenvalue weighted by atomic mass is 10.0.